The Morgan fingerprint density at radius 1 is 1.27 bits per heavy atom. The van der Waals surface area contributed by atoms with Crippen LogP contribution >= 0.6 is 11.6 Å². The van der Waals surface area contributed by atoms with Crippen molar-refractivity contribution in [3.8, 4) is 11.3 Å². The third-order valence-electron chi connectivity index (χ3n) is 3.81. The predicted molar refractivity (Wildman–Crippen MR) is 88.1 cm³/mol. The molecule has 0 aliphatic carbocycles. The van der Waals surface area contributed by atoms with E-state index in [9.17, 15) is 0 Å². The van der Waals surface area contributed by atoms with E-state index in [0.717, 1.165) is 43.3 Å². The van der Waals surface area contributed by atoms with Gasteiger partial charge in [0.25, 0.3) is 0 Å². The molecule has 1 aliphatic heterocycles. The van der Waals surface area contributed by atoms with Gasteiger partial charge in [0, 0.05) is 25.2 Å². The third kappa shape index (κ3) is 3.90. The minimum atomic E-state index is 0.247. The summed E-state index contributed by atoms with van der Waals surface area (Å²) in [5, 5.41) is 4.10. The maximum Gasteiger partial charge on any atom is 0.135 e. The highest BCUT2D eigenvalue weighted by Gasteiger charge is 2.17. The van der Waals surface area contributed by atoms with Gasteiger partial charge in [0.15, 0.2) is 0 Å². The van der Waals surface area contributed by atoms with Gasteiger partial charge in [-0.05, 0) is 31.3 Å². The van der Waals surface area contributed by atoms with E-state index in [4.69, 9.17) is 20.8 Å². The Kier molecular flexibility index (Phi) is 5.16. The molecular formula is C17H21ClN2O2. The van der Waals surface area contributed by atoms with Gasteiger partial charge in [0.2, 0.25) is 0 Å². The first kappa shape index (κ1) is 15.6. The number of benzene rings is 1. The molecule has 0 bridgehead atoms. The molecule has 1 saturated heterocycles. The summed E-state index contributed by atoms with van der Waals surface area (Å²) in [4.78, 5) is 2.29. The molecule has 1 aromatic heterocycles. The minimum Gasteiger partial charge on any atom is -0.460 e. The molecule has 2 heterocycles. The summed E-state index contributed by atoms with van der Waals surface area (Å²) in [7, 11) is 2.12. The Morgan fingerprint density at radius 3 is 2.95 bits per heavy atom. The van der Waals surface area contributed by atoms with E-state index in [0.29, 0.717) is 11.6 Å². The lowest BCUT2D eigenvalue weighted by molar-refractivity contribution is -0.0183. The first-order chi connectivity index (χ1) is 10.7. The van der Waals surface area contributed by atoms with Crippen molar-refractivity contribution in [3.05, 3.63) is 47.2 Å². The van der Waals surface area contributed by atoms with Crippen LogP contribution in [0.15, 0.2) is 40.8 Å². The van der Waals surface area contributed by atoms with E-state index in [1.807, 2.05) is 36.4 Å². The highest BCUT2D eigenvalue weighted by Crippen LogP contribution is 2.28. The number of ether oxygens (including phenoxy) is 1. The second-order valence-electron chi connectivity index (χ2n) is 5.63. The van der Waals surface area contributed by atoms with E-state index in [-0.39, 0.29) is 6.10 Å². The molecule has 118 valence electrons. The van der Waals surface area contributed by atoms with Crippen LogP contribution in [-0.2, 0) is 11.3 Å². The average Bonchev–Trinajstić information content (AvgIpc) is 2.96. The van der Waals surface area contributed by atoms with Crippen molar-refractivity contribution in [2.45, 2.75) is 12.6 Å². The number of halogens is 1. The standard InChI is InChI=1S/C17H21ClN2O2/c1-20-8-9-21-14(12-20)11-19-10-13-6-7-17(22-13)15-4-2-3-5-16(15)18/h2-7,14,19H,8-12H2,1H3. The number of hydrogen-bond donors (Lipinski definition) is 1. The van der Waals surface area contributed by atoms with Crippen LogP contribution < -0.4 is 5.32 Å². The zero-order valence-electron chi connectivity index (χ0n) is 12.7. The van der Waals surface area contributed by atoms with Gasteiger partial charge in [-0.15, -0.1) is 0 Å². The van der Waals surface area contributed by atoms with Crippen LogP contribution in [0.2, 0.25) is 5.02 Å². The summed E-state index contributed by atoms with van der Waals surface area (Å²) >= 11 is 6.19. The topological polar surface area (TPSA) is 37.6 Å². The Morgan fingerprint density at radius 2 is 2.14 bits per heavy atom. The molecule has 0 spiro atoms. The number of hydrogen-bond acceptors (Lipinski definition) is 4. The maximum atomic E-state index is 6.19. The molecule has 0 amide bonds. The number of likely N-dealkylation sites (N-methyl/N-ethyl adjacent to an activating group) is 1. The monoisotopic (exact) mass is 320 g/mol. The van der Waals surface area contributed by atoms with Crippen LogP contribution in [-0.4, -0.2) is 44.3 Å². The Hall–Kier alpha value is -1.33. The van der Waals surface area contributed by atoms with Gasteiger partial charge in [0.05, 0.1) is 24.3 Å². The van der Waals surface area contributed by atoms with Crippen LogP contribution in [0.1, 0.15) is 5.76 Å². The van der Waals surface area contributed by atoms with E-state index >= 15 is 0 Å². The Bertz CT molecular complexity index is 614. The van der Waals surface area contributed by atoms with Crippen molar-refractivity contribution < 1.29 is 9.15 Å². The van der Waals surface area contributed by atoms with Crippen molar-refractivity contribution in [2.24, 2.45) is 0 Å². The fraction of sp³-hybridized carbons (Fsp3) is 0.412. The van der Waals surface area contributed by atoms with E-state index < -0.39 is 0 Å². The molecule has 22 heavy (non-hydrogen) atoms. The lowest BCUT2D eigenvalue weighted by Crippen LogP contribution is -2.44. The van der Waals surface area contributed by atoms with Crippen LogP contribution in [0.25, 0.3) is 11.3 Å². The first-order valence-electron chi connectivity index (χ1n) is 7.57. The van der Waals surface area contributed by atoms with Gasteiger partial charge in [-0.25, -0.2) is 0 Å². The molecule has 1 fully saturated rings. The second-order valence-corrected chi connectivity index (χ2v) is 6.04. The summed E-state index contributed by atoms with van der Waals surface area (Å²) in [5.74, 6) is 1.70. The molecule has 4 nitrogen and oxygen atoms in total. The molecule has 1 aliphatic rings. The first-order valence-corrected chi connectivity index (χ1v) is 7.94. The quantitative estimate of drug-likeness (QED) is 0.919. The zero-order chi connectivity index (χ0) is 15.4. The zero-order valence-corrected chi connectivity index (χ0v) is 13.5. The molecule has 0 saturated carbocycles. The number of nitrogens with one attached hydrogen (secondary N) is 1. The van der Waals surface area contributed by atoms with Crippen molar-refractivity contribution in [1.29, 1.82) is 0 Å². The minimum absolute atomic E-state index is 0.247. The summed E-state index contributed by atoms with van der Waals surface area (Å²) in [6, 6.07) is 11.7. The van der Waals surface area contributed by atoms with Gasteiger partial charge in [-0.2, -0.15) is 0 Å². The largest absolute Gasteiger partial charge is 0.460 e. The summed E-state index contributed by atoms with van der Waals surface area (Å²) in [6.45, 7) is 4.30. The smallest absolute Gasteiger partial charge is 0.135 e. The molecule has 1 aromatic carbocycles. The molecule has 3 rings (SSSR count). The molecule has 1 atom stereocenters. The van der Waals surface area contributed by atoms with Crippen LogP contribution in [0, 0.1) is 0 Å². The van der Waals surface area contributed by atoms with Crippen LogP contribution in [0.5, 0.6) is 0 Å². The van der Waals surface area contributed by atoms with Crippen LogP contribution in [0.3, 0.4) is 0 Å². The van der Waals surface area contributed by atoms with Crippen molar-refractivity contribution >= 4 is 11.6 Å². The predicted octanol–water partition coefficient (Wildman–Crippen LogP) is 3.02. The van der Waals surface area contributed by atoms with Gasteiger partial charge >= 0.3 is 0 Å². The van der Waals surface area contributed by atoms with Crippen molar-refractivity contribution in [1.82, 2.24) is 10.2 Å². The fourth-order valence-electron chi connectivity index (χ4n) is 2.63. The van der Waals surface area contributed by atoms with Crippen molar-refractivity contribution in [3.63, 3.8) is 0 Å². The normalized spacial score (nSPS) is 19.5. The van der Waals surface area contributed by atoms with Gasteiger partial charge in [-0.1, -0.05) is 23.7 Å². The summed E-state index contributed by atoms with van der Waals surface area (Å²) in [5.41, 5.74) is 0.924. The molecular weight excluding hydrogens is 300 g/mol. The number of furan rings is 1. The Labute approximate surface area is 136 Å². The lowest BCUT2D eigenvalue weighted by Gasteiger charge is -2.30. The fourth-order valence-corrected chi connectivity index (χ4v) is 2.85. The second kappa shape index (κ2) is 7.29. The van der Waals surface area contributed by atoms with E-state index in [2.05, 4.69) is 17.3 Å². The Balaban J connectivity index is 1.53. The van der Waals surface area contributed by atoms with Crippen molar-refractivity contribution in [2.75, 3.05) is 33.3 Å². The lowest BCUT2D eigenvalue weighted by atomic mass is 10.2. The summed E-state index contributed by atoms with van der Waals surface area (Å²) < 4.78 is 11.6. The molecule has 1 N–H and O–H groups in total. The number of nitrogens with zero attached hydrogens (tertiary/aromatic N) is 1. The van der Waals surface area contributed by atoms with E-state index in [1.54, 1.807) is 0 Å². The SMILES string of the molecule is CN1CCOC(CNCc2ccc(-c3ccccc3Cl)o2)C1. The van der Waals surface area contributed by atoms with E-state index in [1.165, 1.54) is 0 Å². The molecule has 5 heteroatoms. The maximum absolute atomic E-state index is 6.19. The number of rotatable bonds is 5. The molecule has 1 unspecified atom stereocenters. The highest BCUT2D eigenvalue weighted by atomic mass is 35.5. The summed E-state index contributed by atoms with van der Waals surface area (Å²) in [6.07, 6.45) is 0.247. The highest BCUT2D eigenvalue weighted by molar-refractivity contribution is 6.33. The molecule has 0 radical (unpaired) electrons. The van der Waals surface area contributed by atoms with Crippen LogP contribution in [0.4, 0.5) is 0 Å². The average molecular weight is 321 g/mol. The van der Waals surface area contributed by atoms with Gasteiger partial charge in [0.1, 0.15) is 11.5 Å². The number of morpholine rings is 1. The molecule has 2 aromatic rings. The van der Waals surface area contributed by atoms with Gasteiger partial charge < -0.3 is 19.4 Å². The van der Waals surface area contributed by atoms with Gasteiger partial charge in [-0.3, -0.25) is 0 Å². The third-order valence-corrected chi connectivity index (χ3v) is 4.14.